The fourth-order valence-electron chi connectivity index (χ4n) is 4.98. The van der Waals surface area contributed by atoms with E-state index in [4.69, 9.17) is 25.8 Å². The minimum absolute atomic E-state index is 0.0462. The van der Waals surface area contributed by atoms with Crippen molar-refractivity contribution in [2.24, 2.45) is 11.8 Å². The van der Waals surface area contributed by atoms with Crippen LogP contribution in [0, 0.1) is 11.8 Å². The summed E-state index contributed by atoms with van der Waals surface area (Å²) in [6.07, 6.45) is -3.70. The van der Waals surface area contributed by atoms with Crippen LogP contribution < -0.4 is 24.4 Å². The molecule has 1 saturated carbocycles. The van der Waals surface area contributed by atoms with Gasteiger partial charge in [-0.2, -0.15) is 0 Å². The van der Waals surface area contributed by atoms with Crippen LogP contribution in [0.5, 0.6) is 17.2 Å². The predicted molar refractivity (Wildman–Crippen MR) is 149 cm³/mol. The number of benzene rings is 3. The van der Waals surface area contributed by atoms with Gasteiger partial charge in [0.2, 0.25) is 0 Å². The molecule has 3 atom stereocenters. The number of rotatable bonds is 10. The summed E-state index contributed by atoms with van der Waals surface area (Å²) in [6, 6.07) is 14.9. The van der Waals surface area contributed by atoms with Crippen LogP contribution >= 0.6 is 11.6 Å². The Bertz CT molecular complexity index is 1470. The van der Waals surface area contributed by atoms with Gasteiger partial charge in [0.1, 0.15) is 23.3 Å². The Morgan fingerprint density at radius 2 is 1.76 bits per heavy atom. The van der Waals surface area contributed by atoms with Gasteiger partial charge in [-0.05, 0) is 42.2 Å². The topological polar surface area (TPSA) is 86.3 Å². The SMILES string of the molecule is COC(=O)[C@H]1C[C@@H]1COc1cc(NC(C(=O)N2CCc3ccc(OC(F)(F)F)cc32)c2ccc(Cl)cc2)cc(OC)c1. The lowest BCUT2D eigenvalue weighted by Gasteiger charge is -2.26. The average Bonchev–Trinajstić information content (AvgIpc) is 3.63. The largest absolute Gasteiger partial charge is 0.573 e. The second kappa shape index (κ2) is 12.0. The number of anilines is 2. The normalized spacial score (nSPS) is 18.1. The van der Waals surface area contributed by atoms with Gasteiger partial charge in [-0.1, -0.05) is 29.8 Å². The van der Waals surface area contributed by atoms with E-state index >= 15 is 0 Å². The summed E-state index contributed by atoms with van der Waals surface area (Å²) < 4.78 is 58.9. The monoisotopic (exact) mass is 604 g/mol. The van der Waals surface area contributed by atoms with Crippen LogP contribution in [0.2, 0.25) is 5.02 Å². The third-order valence-electron chi connectivity index (χ3n) is 7.22. The molecule has 1 aliphatic heterocycles. The maximum absolute atomic E-state index is 14.0. The van der Waals surface area contributed by atoms with E-state index in [2.05, 4.69) is 10.1 Å². The summed E-state index contributed by atoms with van der Waals surface area (Å²) in [5.74, 6) is -0.254. The summed E-state index contributed by atoms with van der Waals surface area (Å²) >= 11 is 6.10. The molecule has 2 aliphatic rings. The first kappa shape index (κ1) is 29.4. The third kappa shape index (κ3) is 6.84. The molecule has 12 heteroatoms. The quantitative estimate of drug-likeness (QED) is 0.277. The molecule has 1 unspecified atom stereocenters. The van der Waals surface area contributed by atoms with Crippen molar-refractivity contribution in [1.29, 1.82) is 0 Å². The smallest absolute Gasteiger partial charge is 0.497 e. The summed E-state index contributed by atoms with van der Waals surface area (Å²) in [6.45, 7) is 0.587. The number of esters is 1. The standard InChI is InChI=1S/C30H28ClF3N2O6/c1-39-23-12-21(13-24(14-23)41-16-19-11-25(19)29(38)40-2)35-27(18-3-6-20(31)7-4-18)28(37)36-10-9-17-5-8-22(15-26(17)36)42-30(32,33)34/h3-8,12-15,19,25,27,35H,9-11,16H2,1-2H3/t19-,25+,27?/m1/s1. The van der Waals surface area contributed by atoms with E-state index in [1.54, 1.807) is 42.5 Å². The van der Waals surface area contributed by atoms with Crippen LogP contribution in [0.25, 0.3) is 0 Å². The fraction of sp³-hybridized carbons (Fsp3) is 0.333. The molecule has 0 radical (unpaired) electrons. The maximum Gasteiger partial charge on any atom is 0.573 e. The molecule has 3 aromatic rings. The van der Waals surface area contributed by atoms with Gasteiger partial charge in [0, 0.05) is 47.4 Å². The maximum atomic E-state index is 14.0. The number of methoxy groups -OCH3 is 2. The first-order valence-electron chi connectivity index (χ1n) is 13.2. The van der Waals surface area contributed by atoms with Crippen LogP contribution in [-0.4, -0.2) is 45.6 Å². The Kier molecular flexibility index (Phi) is 8.40. The molecule has 1 fully saturated rings. The zero-order chi connectivity index (χ0) is 30.0. The molecule has 5 rings (SSSR count). The molecular formula is C30H28ClF3N2O6. The predicted octanol–water partition coefficient (Wildman–Crippen LogP) is 6.18. The molecule has 222 valence electrons. The molecule has 8 nitrogen and oxygen atoms in total. The number of halogens is 4. The van der Waals surface area contributed by atoms with E-state index in [9.17, 15) is 22.8 Å². The van der Waals surface area contributed by atoms with Crippen LogP contribution in [0.3, 0.4) is 0 Å². The summed E-state index contributed by atoms with van der Waals surface area (Å²) in [7, 11) is 2.85. The van der Waals surface area contributed by atoms with E-state index < -0.39 is 18.2 Å². The Morgan fingerprint density at radius 3 is 2.45 bits per heavy atom. The van der Waals surface area contributed by atoms with Gasteiger partial charge in [-0.3, -0.25) is 9.59 Å². The van der Waals surface area contributed by atoms with Crippen molar-refractivity contribution in [2.75, 3.05) is 37.6 Å². The highest BCUT2D eigenvalue weighted by Gasteiger charge is 2.44. The van der Waals surface area contributed by atoms with Crippen molar-refractivity contribution >= 4 is 34.9 Å². The van der Waals surface area contributed by atoms with E-state index in [1.807, 2.05) is 0 Å². The summed E-state index contributed by atoms with van der Waals surface area (Å²) in [5.41, 5.74) is 2.17. The first-order valence-corrected chi connectivity index (χ1v) is 13.5. The van der Waals surface area contributed by atoms with Gasteiger partial charge in [-0.25, -0.2) is 0 Å². The Labute approximate surface area is 245 Å². The van der Waals surface area contributed by atoms with Crippen molar-refractivity contribution in [3.05, 3.63) is 76.8 Å². The number of hydrogen-bond donors (Lipinski definition) is 1. The van der Waals surface area contributed by atoms with Crippen molar-refractivity contribution in [3.63, 3.8) is 0 Å². The Hall–Kier alpha value is -4.12. The number of nitrogens with one attached hydrogen (secondary N) is 1. The molecule has 1 heterocycles. The molecule has 1 N–H and O–H groups in total. The molecule has 1 aliphatic carbocycles. The number of hydrogen-bond acceptors (Lipinski definition) is 7. The van der Waals surface area contributed by atoms with Crippen molar-refractivity contribution in [2.45, 2.75) is 25.2 Å². The van der Waals surface area contributed by atoms with Crippen molar-refractivity contribution < 1.29 is 41.7 Å². The number of fused-ring (bicyclic) bond motifs is 1. The number of carbonyl (C=O) groups is 2. The second-order valence-electron chi connectivity index (χ2n) is 10.0. The Morgan fingerprint density at radius 1 is 1.02 bits per heavy atom. The average molecular weight is 605 g/mol. The number of alkyl halides is 3. The van der Waals surface area contributed by atoms with Gasteiger partial charge in [-0.15, -0.1) is 13.2 Å². The summed E-state index contributed by atoms with van der Waals surface area (Å²) in [4.78, 5) is 27.2. The fourth-order valence-corrected chi connectivity index (χ4v) is 5.11. The lowest BCUT2D eigenvalue weighted by atomic mass is 10.0. The minimum Gasteiger partial charge on any atom is -0.497 e. The van der Waals surface area contributed by atoms with Gasteiger partial charge >= 0.3 is 12.3 Å². The molecule has 3 aromatic carbocycles. The van der Waals surface area contributed by atoms with E-state index in [0.717, 1.165) is 5.56 Å². The second-order valence-corrected chi connectivity index (χ2v) is 10.5. The van der Waals surface area contributed by atoms with Crippen LogP contribution in [0.15, 0.2) is 60.7 Å². The lowest BCUT2D eigenvalue weighted by molar-refractivity contribution is -0.274. The van der Waals surface area contributed by atoms with Crippen molar-refractivity contribution in [3.8, 4) is 17.2 Å². The molecular weight excluding hydrogens is 577 g/mol. The molecule has 0 saturated heterocycles. The highest BCUT2D eigenvalue weighted by atomic mass is 35.5. The van der Waals surface area contributed by atoms with E-state index in [-0.39, 0.29) is 30.3 Å². The zero-order valence-corrected chi connectivity index (χ0v) is 23.5. The highest BCUT2D eigenvalue weighted by molar-refractivity contribution is 6.30. The third-order valence-corrected chi connectivity index (χ3v) is 7.47. The number of amides is 1. The zero-order valence-electron chi connectivity index (χ0n) is 22.7. The van der Waals surface area contributed by atoms with Gasteiger partial charge in [0.25, 0.3) is 5.91 Å². The number of carbonyl (C=O) groups excluding carboxylic acids is 2. The molecule has 0 spiro atoms. The van der Waals surface area contributed by atoms with Crippen LogP contribution in [0.4, 0.5) is 24.5 Å². The van der Waals surface area contributed by atoms with Gasteiger partial charge < -0.3 is 29.2 Å². The number of ether oxygens (including phenoxy) is 4. The molecule has 1 amide bonds. The molecule has 0 bridgehead atoms. The highest BCUT2D eigenvalue weighted by Crippen LogP contribution is 2.41. The van der Waals surface area contributed by atoms with Gasteiger partial charge in [0.05, 0.1) is 32.4 Å². The number of nitrogens with zero attached hydrogens (tertiary/aromatic N) is 1. The van der Waals surface area contributed by atoms with E-state index in [1.165, 1.54) is 37.3 Å². The van der Waals surface area contributed by atoms with E-state index in [0.29, 0.717) is 52.9 Å². The van der Waals surface area contributed by atoms with Crippen molar-refractivity contribution in [1.82, 2.24) is 0 Å². The molecule has 0 aromatic heterocycles. The summed E-state index contributed by atoms with van der Waals surface area (Å²) in [5, 5.41) is 3.73. The molecule has 42 heavy (non-hydrogen) atoms. The lowest BCUT2D eigenvalue weighted by Crippen LogP contribution is -2.37. The van der Waals surface area contributed by atoms with Crippen LogP contribution in [0.1, 0.15) is 23.6 Å². The van der Waals surface area contributed by atoms with Gasteiger partial charge in [0.15, 0.2) is 0 Å². The minimum atomic E-state index is -4.86. The first-order chi connectivity index (χ1) is 20.0. The van der Waals surface area contributed by atoms with Crippen LogP contribution in [-0.2, 0) is 20.7 Å². The Balaban J connectivity index is 1.41.